The second-order valence-electron chi connectivity index (χ2n) is 6.11. The molecule has 0 aromatic heterocycles. The third-order valence-corrected chi connectivity index (χ3v) is 4.18. The van der Waals surface area contributed by atoms with Gasteiger partial charge in [0.1, 0.15) is 0 Å². The highest BCUT2D eigenvalue weighted by atomic mass is 35.5. The number of esters is 2. The van der Waals surface area contributed by atoms with Crippen molar-refractivity contribution in [2.45, 2.75) is 64.7 Å². The Hall–Kier alpha value is -1.55. The lowest BCUT2D eigenvalue weighted by atomic mass is 9.96. The fourth-order valence-electron chi connectivity index (χ4n) is 2.42. The molecule has 0 radical (unpaired) electrons. The van der Waals surface area contributed by atoms with Crippen LogP contribution < -0.4 is 0 Å². The summed E-state index contributed by atoms with van der Waals surface area (Å²) >= 11 is 5.91. The normalized spacial score (nSPS) is 11.8. The summed E-state index contributed by atoms with van der Waals surface area (Å²) in [5.41, 5.74) is 0.718. The van der Waals surface area contributed by atoms with Crippen molar-refractivity contribution < 1.29 is 19.1 Å². The van der Waals surface area contributed by atoms with Crippen molar-refractivity contribution in [2.75, 3.05) is 13.2 Å². The van der Waals surface area contributed by atoms with Gasteiger partial charge in [-0.1, -0.05) is 63.3 Å². The Morgan fingerprint density at radius 2 is 1.48 bits per heavy atom. The van der Waals surface area contributed by atoms with Crippen molar-refractivity contribution in [2.24, 2.45) is 0 Å². The molecule has 0 spiro atoms. The molecule has 0 heterocycles. The van der Waals surface area contributed by atoms with Gasteiger partial charge in [0.15, 0.2) is 0 Å². The molecule has 0 fully saturated rings. The van der Waals surface area contributed by atoms with Crippen LogP contribution in [0.15, 0.2) is 24.3 Å². The molecule has 0 bridgehead atoms. The van der Waals surface area contributed by atoms with Crippen LogP contribution in [0.2, 0.25) is 5.02 Å². The van der Waals surface area contributed by atoms with Crippen LogP contribution in [0.4, 0.5) is 0 Å². The van der Waals surface area contributed by atoms with E-state index in [0.29, 0.717) is 18.2 Å². The average Bonchev–Trinajstić information content (AvgIpc) is 2.61. The molecule has 4 nitrogen and oxygen atoms in total. The molecule has 1 unspecified atom stereocenters. The second kappa shape index (κ2) is 12.8. The zero-order valence-corrected chi connectivity index (χ0v) is 16.0. The van der Waals surface area contributed by atoms with Gasteiger partial charge < -0.3 is 9.47 Å². The Morgan fingerprint density at radius 3 is 2.04 bits per heavy atom. The van der Waals surface area contributed by atoms with Gasteiger partial charge in [0.2, 0.25) is 0 Å². The number of hydrogen-bond donors (Lipinski definition) is 0. The largest absolute Gasteiger partial charge is 0.466 e. The summed E-state index contributed by atoms with van der Waals surface area (Å²) in [6.45, 7) is 4.95. The number of unbranched alkanes of at least 4 members (excludes halogenated alkanes) is 4. The average molecular weight is 369 g/mol. The zero-order chi connectivity index (χ0) is 18.5. The van der Waals surface area contributed by atoms with Crippen LogP contribution in [-0.2, 0) is 19.1 Å². The smallest absolute Gasteiger partial charge is 0.314 e. The third kappa shape index (κ3) is 8.92. The van der Waals surface area contributed by atoms with E-state index in [-0.39, 0.29) is 18.4 Å². The highest BCUT2D eigenvalue weighted by molar-refractivity contribution is 6.30. The Kier molecular flexibility index (Phi) is 11.0. The second-order valence-corrected chi connectivity index (χ2v) is 6.55. The molecule has 0 aliphatic heterocycles. The maximum Gasteiger partial charge on any atom is 0.314 e. The predicted molar refractivity (Wildman–Crippen MR) is 99.8 cm³/mol. The minimum absolute atomic E-state index is 0.0135. The number of carbonyl (C=O) groups excluding carboxylic acids is 2. The minimum atomic E-state index is -0.655. The van der Waals surface area contributed by atoms with E-state index in [2.05, 4.69) is 13.8 Å². The van der Waals surface area contributed by atoms with Crippen LogP contribution in [0.3, 0.4) is 0 Å². The molecule has 0 amide bonds. The number of halogens is 1. The summed E-state index contributed by atoms with van der Waals surface area (Å²) in [6.07, 6.45) is 5.82. The van der Waals surface area contributed by atoms with E-state index in [1.165, 1.54) is 0 Å². The number of carbonyl (C=O) groups is 2. The molecule has 0 saturated carbocycles. The van der Waals surface area contributed by atoms with Gasteiger partial charge in [-0.25, -0.2) is 0 Å². The van der Waals surface area contributed by atoms with Gasteiger partial charge >= 0.3 is 11.9 Å². The molecule has 1 aromatic carbocycles. The monoisotopic (exact) mass is 368 g/mol. The van der Waals surface area contributed by atoms with E-state index in [9.17, 15) is 9.59 Å². The molecule has 0 aliphatic rings. The minimum Gasteiger partial charge on any atom is -0.466 e. The number of rotatable bonds is 12. The molecular weight excluding hydrogens is 340 g/mol. The van der Waals surface area contributed by atoms with Gasteiger partial charge in [0.25, 0.3) is 0 Å². The molecule has 1 atom stereocenters. The summed E-state index contributed by atoms with van der Waals surface area (Å²) in [6, 6.07) is 6.93. The first-order valence-corrected chi connectivity index (χ1v) is 9.54. The van der Waals surface area contributed by atoms with E-state index in [0.717, 1.165) is 44.1 Å². The lowest BCUT2D eigenvalue weighted by Crippen LogP contribution is -2.21. The van der Waals surface area contributed by atoms with E-state index in [4.69, 9.17) is 21.1 Å². The molecular formula is C20H29ClO4. The molecule has 140 valence electrons. The van der Waals surface area contributed by atoms with Crippen LogP contribution in [0.5, 0.6) is 0 Å². The van der Waals surface area contributed by atoms with Gasteiger partial charge in [-0.15, -0.1) is 0 Å². The molecule has 1 aromatic rings. The van der Waals surface area contributed by atoms with Crippen LogP contribution in [0, 0.1) is 0 Å². The van der Waals surface area contributed by atoms with Crippen LogP contribution in [-0.4, -0.2) is 25.2 Å². The SMILES string of the molecule is CCCCCOC(=O)CC(C(=O)OCCCCC)c1ccc(Cl)cc1. The molecule has 25 heavy (non-hydrogen) atoms. The Bertz CT molecular complexity index is 513. The number of hydrogen-bond acceptors (Lipinski definition) is 4. The van der Waals surface area contributed by atoms with Crippen molar-refractivity contribution in [3.63, 3.8) is 0 Å². The van der Waals surface area contributed by atoms with Gasteiger partial charge in [-0.05, 0) is 30.5 Å². The van der Waals surface area contributed by atoms with Gasteiger partial charge in [-0.3, -0.25) is 9.59 Å². The summed E-state index contributed by atoms with van der Waals surface area (Å²) in [4.78, 5) is 24.5. The quantitative estimate of drug-likeness (QED) is 0.372. The molecule has 5 heteroatoms. The first-order chi connectivity index (χ1) is 12.1. The lowest BCUT2D eigenvalue weighted by molar-refractivity contribution is -0.152. The fourth-order valence-corrected chi connectivity index (χ4v) is 2.55. The summed E-state index contributed by atoms with van der Waals surface area (Å²) in [5.74, 6) is -1.41. The molecule has 0 N–H and O–H groups in total. The highest BCUT2D eigenvalue weighted by Crippen LogP contribution is 2.24. The first-order valence-electron chi connectivity index (χ1n) is 9.16. The Labute approximate surface area is 155 Å². The summed E-state index contributed by atoms with van der Waals surface area (Å²) in [5, 5.41) is 0.584. The zero-order valence-electron chi connectivity index (χ0n) is 15.3. The maximum absolute atomic E-state index is 12.4. The summed E-state index contributed by atoms with van der Waals surface area (Å²) in [7, 11) is 0. The van der Waals surface area contributed by atoms with Crippen molar-refractivity contribution >= 4 is 23.5 Å². The summed E-state index contributed by atoms with van der Waals surface area (Å²) < 4.78 is 10.6. The lowest BCUT2D eigenvalue weighted by Gasteiger charge is -2.16. The van der Waals surface area contributed by atoms with Crippen molar-refractivity contribution in [3.05, 3.63) is 34.9 Å². The van der Waals surface area contributed by atoms with Crippen LogP contribution >= 0.6 is 11.6 Å². The first kappa shape index (κ1) is 21.5. The predicted octanol–water partition coefficient (Wildman–Crippen LogP) is 5.28. The standard InChI is InChI=1S/C20H29ClO4/c1-3-5-7-13-24-19(22)15-18(16-9-11-17(21)12-10-16)20(23)25-14-8-6-4-2/h9-12,18H,3-8,13-15H2,1-2H3. The van der Waals surface area contributed by atoms with Gasteiger partial charge in [0, 0.05) is 5.02 Å². The highest BCUT2D eigenvalue weighted by Gasteiger charge is 2.26. The van der Waals surface area contributed by atoms with Crippen molar-refractivity contribution in [1.82, 2.24) is 0 Å². The van der Waals surface area contributed by atoms with E-state index in [1.54, 1.807) is 24.3 Å². The van der Waals surface area contributed by atoms with Crippen molar-refractivity contribution in [3.8, 4) is 0 Å². The molecule has 0 saturated heterocycles. The molecule has 1 rings (SSSR count). The fraction of sp³-hybridized carbons (Fsp3) is 0.600. The Morgan fingerprint density at radius 1 is 0.920 bits per heavy atom. The van der Waals surface area contributed by atoms with E-state index >= 15 is 0 Å². The number of ether oxygens (including phenoxy) is 2. The van der Waals surface area contributed by atoms with E-state index < -0.39 is 5.92 Å². The third-order valence-electron chi connectivity index (χ3n) is 3.93. The van der Waals surface area contributed by atoms with Crippen LogP contribution in [0.1, 0.15) is 70.3 Å². The van der Waals surface area contributed by atoms with Crippen LogP contribution in [0.25, 0.3) is 0 Å². The van der Waals surface area contributed by atoms with E-state index in [1.807, 2.05) is 0 Å². The molecule has 0 aliphatic carbocycles. The van der Waals surface area contributed by atoms with Gasteiger partial charge in [0.05, 0.1) is 25.6 Å². The maximum atomic E-state index is 12.4. The topological polar surface area (TPSA) is 52.6 Å². The van der Waals surface area contributed by atoms with Gasteiger partial charge in [-0.2, -0.15) is 0 Å². The van der Waals surface area contributed by atoms with Crippen molar-refractivity contribution in [1.29, 1.82) is 0 Å². The Balaban J connectivity index is 2.65. The number of benzene rings is 1.